The van der Waals surface area contributed by atoms with Crippen LogP contribution in [0.5, 0.6) is 34.5 Å². The van der Waals surface area contributed by atoms with Crippen LogP contribution in [0.1, 0.15) is 60.2 Å². The number of rotatable bonds is 16. The first-order chi connectivity index (χ1) is 22.4. The predicted molar refractivity (Wildman–Crippen MR) is 174 cm³/mol. The Morgan fingerprint density at radius 1 is 0.565 bits per heavy atom. The summed E-state index contributed by atoms with van der Waals surface area (Å²) in [6, 6.07) is 23.3. The van der Waals surface area contributed by atoms with E-state index in [0.717, 1.165) is 25.7 Å². The van der Waals surface area contributed by atoms with E-state index < -0.39 is 11.9 Å². The number of carbonyl (C=O) groups is 2. The van der Waals surface area contributed by atoms with Crippen molar-refractivity contribution in [3.05, 3.63) is 96.1 Å². The van der Waals surface area contributed by atoms with E-state index in [1.165, 1.54) is 14.2 Å². The SMILES string of the molecule is CCCCOc1ccc(C(=O)Oc2ccc(N=Nc3ccc(OC(=O)c4ccc(OCCCC)cc4)c(OC)c3OC)cc2)cc1. The van der Waals surface area contributed by atoms with Crippen molar-refractivity contribution < 1.29 is 38.0 Å². The van der Waals surface area contributed by atoms with Gasteiger partial charge in [-0.1, -0.05) is 26.7 Å². The van der Waals surface area contributed by atoms with Gasteiger partial charge in [-0.3, -0.25) is 0 Å². The van der Waals surface area contributed by atoms with Crippen molar-refractivity contribution in [3.63, 3.8) is 0 Å². The molecule has 0 heterocycles. The number of methoxy groups -OCH3 is 2. The summed E-state index contributed by atoms with van der Waals surface area (Å²) in [5.74, 6) is 1.29. The third kappa shape index (κ3) is 9.31. The number of hydrogen-bond acceptors (Lipinski definition) is 10. The van der Waals surface area contributed by atoms with E-state index in [-0.39, 0.29) is 17.2 Å². The molecule has 0 fully saturated rings. The zero-order valence-electron chi connectivity index (χ0n) is 26.5. The maximum absolute atomic E-state index is 12.8. The molecule has 0 spiro atoms. The average Bonchev–Trinajstić information content (AvgIpc) is 3.08. The van der Waals surface area contributed by atoms with E-state index in [1.807, 2.05) is 0 Å². The van der Waals surface area contributed by atoms with Crippen LogP contribution in [0.3, 0.4) is 0 Å². The normalized spacial score (nSPS) is 10.8. The zero-order chi connectivity index (χ0) is 32.7. The van der Waals surface area contributed by atoms with Gasteiger partial charge in [-0.05, 0) is 97.8 Å². The number of esters is 2. The number of benzene rings is 4. The molecule has 46 heavy (non-hydrogen) atoms. The summed E-state index contributed by atoms with van der Waals surface area (Å²) in [6.07, 6.45) is 4.01. The van der Waals surface area contributed by atoms with Gasteiger partial charge in [-0.25, -0.2) is 9.59 Å². The zero-order valence-corrected chi connectivity index (χ0v) is 26.5. The van der Waals surface area contributed by atoms with Crippen molar-refractivity contribution in [3.8, 4) is 34.5 Å². The maximum Gasteiger partial charge on any atom is 0.343 e. The highest BCUT2D eigenvalue weighted by Crippen LogP contribution is 2.45. The van der Waals surface area contributed by atoms with Crippen molar-refractivity contribution in [1.29, 1.82) is 0 Å². The second-order valence-corrected chi connectivity index (χ2v) is 10.1. The lowest BCUT2D eigenvalue weighted by molar-refractivity contribution is 0.0722. The number of hydrogen-bond donors (Lipinski definition) is 0. The second-order valence-electron chi connectivity index (χ2n) is 10.1. The first-order valence-electron chi connectivity index (χ1n) is 15.1. The van der Waals surface area contributed by atoms with E-state index in [0.29, 0.717) is 53.0 Å². The molecule has 10 heteroatoms. The molecular formula is C36H38N2O8. The maximum atomic E-state index is 12.8. The Bertz CT molecular complexity index is 1600. The Balaban J connectivity index is 1.38. The lowest BCUT2D eigenvalue weighted by Gasteiger charge is -2.14. The lowest BCUT2D eigenvalue weighted by Crippen LogP contribution is -2.09. The summed E-state index contributed by atoms with van der Waals surface area (Å²) in [7, 11) is 2.89. The third-order valence-corrected chi connectivity index (χ3v) is 6.70. The smallest absolute Gasteiger partial charge is 0.343 e. The minimum absolute atomic E-state index is 0.163. The summed E-state index contributed by atoms with van der Waals surface area (Å²) in [6.45, 7) is 5.44. The minimum atomic E-state index is -0.566. The van der Waals surface area contributed by atoms with Crippen LogP contribution >= 0.6 is 0 Å². The highest BCUT2D eigenvalue weighted by molar-refractivity contribution is 5.92. The predicted octanol–water partition coefficient (Wildman–Crippen LogP) is 8.92. The third-order valence-electron chi connectivity index (χ3n) is 6.70. The van der Waals surface area contributed by atoms with Crippen LogP contribution in [0.2, 0.25) is 0 Å². The van der Waals surface area contributed by atoms with Crippen LogP contribution < -0.4 is 28.4 Å². The van der Waals surface area contributed by atoms with Crippen LogP contribution in [0.25, 0.3) is 0 Å². The van der Waals surface area contributed by atoms with Crippen LogP contribution in [0.4, 0.5) is 11.4 Å². The van der Waals surface area contributed by atoms with E-state index in [2.05, 4.69) is 24.1 Å². The van der Waals surface area contributed by atoms with E-state index >= 15 is 0 Å². The molecule has 0 atom stereocenters. The molecule has 4 aromatic carbocycles. The summed E-state index contributed by atoms with van der Waals surface area (Å²) in [5.41, 5.74) is 1.62. The topological polar surface area (TPSA) is 114 Å². The van der Waals surface area contributed by atoms with Gasteiger partial charge in [0.15, 0.2) is 11.5 Å². The van der Waals surface area contributed by atoms with Crippen LogP contribution in [-0.2, 0) is 0 Å². The van der Waals surface area contributed by atoms with Crippen molar-refractivity contribution >= 4 is 23.3 Å². The molecule has 0 saturated heterocycles. The van der Waals surface area contributed by atoms with Gasteiger partial charge in [0, 0.05) is 0 Å². The number of ether oxygens (including phenoxy) is 6. The van der Waals surface area contributed by atoms with Gasteiger partial charge in [0.25, 0.3) is 0 Å². The summed E-state index contributed by atoms with van der Waals surface area (Å²) >= 11 is 0. The van der Waals surface area contributed by atoms with Gasteiger partial charge in [-0.15, -0.1) is 5.11 Å². The summed E-state index contributed by atoms with van der Waals surface area (Å²) in [4.78, 5) is 25.4. The Morgan fingerprint density at radius 3 is 1.57 bits per heavy atom. The first kappa shape index (κ1) is 33.5. The lowest BCUT2D eigenvalue weighted by atomic mass is 10.2. The Morgan fingerprint density at radius 2 is 1.07 bits per heavy atom. The number of nitrogens with zero attached hydrogens (tertiary/aromatic N) is 2. The number of carbonyl (C=O) groups excluding carboxylic acids is 2. The molecule has 0 saturated carbocycles. The minimum Gasteiger partial charge on any atom is -0.494 e. The van der Waals surface area contributed by atoms with Crippen molar-refractivity contribution in [2.24, 2.45) is 10.2 Å². The molecule has 0 aliphatic heterocycles. The molecule has 0 radical (unpaired) electrons. The molecule has 0 aromatic heterocycles. The molecule has 240 valence electrons. The van der Waals surface area contributed by atoms with Gasteiger partial charge in [0.05, 0.1) is 44.2 Å². The fourth-order valence-electron chi connectivity index (χ4n) is 4.14. The van der Waals surface area contributed by atoms with Crippen LogP contribution in [0, 0.1) is 0 Å². The standard InChI is InChI=1S/C36H38N2O8/c1-5-7-23-43-28-15-9-25(10-16-28)35(39)45-30-19-13-27(14-20-30)37-38-31-21-22-32(34(42-4)33(31)41-3)46-36(40)26-11-17-29(18-12-26)44-24-8-6-2/h9-22H,5-8,23-24H2,1-4H3. The molecule has 4 rings (SSSR count). The monoisotopic (exact) mass is 626 g/mol. The number of azo groups is 1. The van der Waals surface area contributed by atoms with Crippen molar-refractivity contribution in [2.75, 3.05) is 27.4 Å². The van der Waals surface area contributed by atoms with Crippen molar-refractivity contribution in [1.82, 2.24) is 0 Å². The molecule has 4 aromatic rings. The quantitative estimate of drug-likeness (QED) is 0.0524. The highest BCUT2D eigenvalue weighted by atomic mass is 16.6. The van der Waals surface area contributed by atoms with Crippen molar-refractivity contribution in [2.45, 2.75) is 39.5 Å². The van der Waals surface area contributed by atoms with Gasteiger partial charge >= 0.3 is 11.9 Å². The Hall–Kier alpha value is -5.38. The molecule has 0 N–H and O–H groups in total. The van der Waals surface area contributed by atoms with Gasteiger partial charge < -0.3 is 28.4 Å². The van der Waals surface area contributed by atoms with E-state index in [9.17, 15) is 9.59 Å². The molecule has 10 nitrogen and oxygen atoms in total. The second kappa shape index (κ2) is 17.2. The highest BCUT2D eigenvalue weighted by Gasteiger charge is 2.20. The Kier molecular flexibility index (Phi) is 12.5. The first-order valence-corrected chi connectivity index (χ1v) is 15.1. The molecule has 0 aliphatic carbocycles. The van der Waals surface area contributed by atoms with E-state index in [1.54, 1.807) is 84.9 Å². The average molecular weight is 627 g/mol. The summed E-state index contributed by atoms with van der Waals surface area (Å²) in [5, 5.41) is 8.56. The van der Waals surface area contributed by atoms with E-state index in [4.69, 9.17) is 28.4 Å². The number of unbranched alkanes of at least 4 members (excludes halogenated alkanes) is 2. The van der Waals surface area contributed by atoms with Crippen LogP contribution in [-0.4, -0.2) is 39.4 Å². The fraction of sp³-hybridized carbons (Fsp3) is 0.278. The van der Waals surface area contributed by atoms with Gasteiger partial charge in [0.2, 0.25) is 5.75 Å². The van der Waals surface area contributed by atoms with Gasteiger partial charge in [0.1, 0.15) is 22.9 Å². The Labute approximate surface area is 268 Å². The van der Waals surface area contributed by atoms with Crippen LogP contribution in [0.15, 0.2) is 95.2 Å². The van der Waals surface area contributed by atoms with Gasteiger partial charge in [-0.2, -0.15) is 5.11 Å². The molecule has 0 bridgehead atoms. The molecule has 0 amide bonds. The summed E-state index contributed by atoms with van der Waals surface area (Å²) < 4.78 is 33.4. The molecule has 0 aliphatic rings. The molecule has 0 unspecified atom stereocenters. The largest absolute Gasteiger partial charge is 0.494 e. The fourth-order valence-corrected chi connectivity index (χ4v) is 4.14. The molecular weight excluding hydrogens is 588 g/mol.